The van der Waals surface area contributed by atoms with Crippen LogP contribution in [0.3, 0.4) is 0 Å². The quantitative estimate of drug-likeness (QED) is 0.391. The third-order valence-electron chi connectivity index (χ3n) is 0.516. The van der Waals surface area contributed by atoms with E-state index in [1.54, 1.807) is 6.92 Å². The number of hydrogen-bond donors (Lipinski definition) is 0. The maximum atomic E-state index is 9.96. The number of ether oxygens (including phenoxy) is 1. The molecule has 0 aliphatic carbocycles. The number of esters is 1. The summed E-state index contributed by atoms with van der Waals surface area (Å²) in [5, 5.41) is 0. The molecule has 3 heteroatoms. The maximum absolute atomic E-state index is 9.96. The molecular formula is C6H12O3. The fourth-order valence-electron chi connectivity index (χ4n) is 0.144. The second-order valence-corrected chi connectivity index (χ2v) is 1.17. The molecule has 0 atom stereocenters. The number of hydrogen-bond acceptors (Lipinski definition) is 3. The van der Waals surface area contributed by atoms with Crippen LogP contribution in [0.2, 0.25) is 0 Å². The van der Waals surface area contributed by atoms with Gasteiger partial charge in [-0.2, -0.15) is 0 Å². The Morgan fingerprint density at radius 1 is 1.67 bits per heavy atom. The molecule has 0 bridgehead atoms. The summed E-state index contributed by atoms with van der Waals surface area (Å²) in [6.45, 7) is 3.20. The lowest BCUT2D eigenvalue weighted by Gasteiger charge is -1.87. The Balaban J connectivity index is 0. The van der Waals surface area contributed by atoms with Gasteiger partial charge in [-0.3, -0.25) is 4.79 Å². The van der Waals surface area contributed by atoms with E-state index in [0.29, 0.717) is 6.42 Å². The number of carbonyl (C=O) groups excluding carboxylic acids is 2. The number of carbonyl (C=O) groups is 2. The predicted octanol–water partition coefficient (Wildman–Crippen LogP) is 0.775. The van der Waals surface area contributed by atoms with Crippen molar-refractivity contribution in [1.82, 2.24) is 0 Å². The van der Waals surface area contributed by atoms with E-state index >= 15 is 0 Å². The van der Waals surface area contributed by atoms with Gasteiger partial charge in [0.2, 0.25) is 0 Å². The van der Waals surface area contributed by atoms with Gasteiger partial charge in [0.25, 0.3) is 0 Å². The van der Waals surface area contributed by atoms with E-state index in [1.807, 2.05) is 0 Å². The van der Waals surface area contributed by atoms with Crippen molar-refractivity contribution in [3.63, 3.8) is 0 Å². The van der Waals surface area contributed by atoms with Crippen molar-refractivity contribution in [3.05, 3.63) is 0 Å². The number of methoxy groups -OCH3 is 1. The van der Waals surface area contributed by atoms with E-state index in [2.05, 4.69) is 4.74 Å². The lowest BCUT2D eigenvalue weighted by Crippen LogP contribution is -1.94. The highest BCUT2D eigenvalue weighted by atomic mass is 16.5. The van der Waals surface area contributed by atoms with Crippen LogP contribution in [-0.4, -0.2) is 19.4 Å². The van der Waals surface area contributed by atoms with Crippen LogP contribution in [0.5, 0.6) is 0 Å². The molecule has 0 unspecified atom stereocenters. The first kappa shape index (κ1) is 11.0. The molecule has 0 saturated heterocycles. The highest BCUT2D eigenvalue weighted by Gasteiger charge is 1.87. The minimum absolute atomic E-state index is 0.157. The van der Waals surface area contributed by atoms with Gasteiger partial charge in [0.15, 0.2) is 0 Å². The van der Waals surface area contributed by atoms with Crippen LogP contribution in [0, 0.1) is 0 Å². The third kappa shape index (κ3) is 19.1. The van der Waals surface area contributed by atoms with Gasteiger partial charge in [-0.05, 0) is 6.92 Å². The zero-order valence-corrected chi connectivity index (χ0v) is 6.01. The zero-order valence-electron chi connectivity index (χ0n) is 6.01. The molecule has 0 aromatic rings. The zero-order chi connectivity index (χ0) is 7.70. The van der Waals surface area contributed by atoms with Gasteiger partial charge in [0, 0.05) is 6.42 Å². The van der Waals surface area contributed by atoms with E-state index in [0.717, 1.165) is 6.29 Å². The van der Waals surface area contributed by atoms with Crippen LogP contribution in [0.15, 0.2) is 0 Å². The molecule has 0 aliphatic heterocycles. The third-order valence-corrected chi connectivity index (χ3v) is 0.516. The van der Waals surface area contributed by atoms with Crippen molar-refractivity contribution in [2.24, 2.45) is 0 Å². The summed E-state index contributed by atoms with van der Waals surface area (Å²) in [4.78, 5) is 18.8. The van der Waals surface area contributed by atoms with Crippen LogP contribution in [0.25, 0.3) is 0 Å². The summed E-state index contributed by atoms with van der Waals surface area (Å²) in [6, 6.07) is 0. The highest BCUT2D eigenvalue weighted by Crippen LogP contribution is 1.76. The van der Waals surface area contributed by atoms with Gasteiger partial charge in [0.05, 0.1) is 7.11 Å². The predicted molar refractivity (Wildman–Crippen MR) is 34.0 cm³/mol. The van der Waals surface area contributed by atoms with Gasteiger partial charge < -0.3 is 9.53 Å². The van der Waals surface area contributed by atoms with Crippen LogP contribution in [0.4, 0.5) is 0 Å². The minimum Gasteiger partial charge on any atom is -0.469 e. The Hall–Kier alpha value is -0.860. The topological polar surface area (TPSA) is 43.4 Å². The molecular weight excluding hydrogens is 120 g/mol. The molecule has 0 radical (unpaired) electrons. The van der Waals surface area contributed by atoms with Crippen LogP contribution in [0.1, 0.15) is 20.3 Å². The van der Waals surface area contributed by atoms with Crippen molar-refractivity contribution in [2.75, 3.05) is 7.11 Å². The van der Waals surface area contributed by atoms with E-state index in [9.17, 15) is 4.79 Å². The summed E-state index contributed by atoms with van der Waals surface area (Å²) < 4.78 is 4.26. The second-order valence-electron chi connectivity index (χ2n) is 1.17. The summed E-state index contributed by atoms with van der Waals surface area (Å²) in [5.41, 5.74) is 0. The van der Waals surface area contributed by atoms with Gasteiger partial charge in [-0.1, -0.05) is 6.92 Å². The van der Waals surface area contributed by atoms with Crippen LogP contribution in [-0.2, 0) is 14.3 Å². The Morgan fingerprint density at radius 2 is 2.00 bits per heavy atom. The minimum atomic E-state index is -0.157. The Labute approximate surface area is 55.0 Å². The van der Waals surface area contributed by atoms with E-state index in [1.165, 1.54) is 14.0 Å². The van der Waals surface area contributed by atoms with Crippen molar-refractivity contribution >= 4 is 12.3 Å². The van der Waals surface area contributed by atoms with E-state index < -0.39 is 0 Å². The average molecular weight is 132 g/mol. The number of rotatable bonds is 1. The molecule has 0 amide bonds. The Kier molecular flexibility index (Phi) is 12.5. The average Bonchev–Trinajstić information content (AvgIpc) is 1.88. The van der Waals surface area contributed by atoms with Crippen molar-refractivity contribution in [2.45, 2.75) is 20.3 Å². The van der Waals surface area contributed by atoms with Gasteiger partial charge in [-0.15, -0.1) is 0 Å². The van der Waals surface area contributed by atoms with E-state index in [4.69, 9.17) is 4.79 Å². The molecule has 9 heavy (non-hydrogen) atoms. The second kappa shape index (κ2) is 10.2. The monoisotopic (exact) mass is 132 g/mol. The summed E-state index contributed by atoms with van der Waals surface area (Å²) >= 11 is 0. The first-order valence-corrected chi connectivity index (χ1v) is 2.69. The normalized spacial score (nSPS) is 6.56. The number of aldehydes is 1. The van der Waals surface area contributed by atoms with E-state index in [-0.39, 0.29) is 5.97 Å². The molecule has 0 heterocycles. The summed E-state index contributed by atoms with van der Waals surface area (Å²) in [7, 11) is 1.38. The standard InChI is InChI=1S/C4H8O2.C2H4O/c1-3-4(5)6-2;1-2-3/h3H2,1-2H3;2H,1H3. The Bertz CT molecular complexity index is 72.4. The highest BCUT2D eigenvalue weighted by molar-refractivity contribution is 5.68. The smallest absolute Gasteiger partial charge is 0.305 e. The van der Waals surface area contributed by atoms with Gasteiger partial charge in [-0.25, -0.2) is 0 Å². The first-order chi connectivity index (χ1) is 4.22. The lowest BCUT2D eigenvalue weighted by molar-refractivity contribution is -0.140. The largest absolute Gasteiger partial charge is 0.469 e. The SMILES string of the molecule is CC=O.CCC(=O)OC. The fourth-order valence-corrected chi connectivity index (χ4v) is 0.144. The molecule has 54 valence electrons. The molecule has 0 N–H and O–H groups in total. The Morgan fingerprint density at radius 3 is 2.00 bits per heavy atom. The fraction of sp³-hybridized carbons (Fsp3) is 0.667. The summed E-state index contributed by atoms with van der Waals surface area (Å²) in [5.74, 6) is -0.157. The maximum Gasteiger partial charge on any atom is 0.305 e. The molecule has 0 saturated carbocycles. The van der Waals surface area contributed by atoms with Crippen molar-refractivity contribution < 1.29 is 14.3 Å². The molecule has 0 aromatic carbocycles. The van der Waals surface area contributed by atoms with Crippen molar-refractivity contribution in [3.8, 4) is 0 Å². The van der Waals surface area contributed by atoms with Gasteiger partial charge >= 0.3 is 5.97 Å². The van der Waals surface area contributed by atoms with Gasteiger partial charge in [0.1, 0.15) is 6.29 Å². The summed E-state index contributed by atoms with van der Waals surface area (Å²) in [6.07, 6.45) is 1.22. The first-order valence-electron chi connectivity index (χ1n) is 2.69. The lowest BCUT2D eigenvalue weighted by atomic mass is 10.5. The molecule has 0 spiro atoms. The molecule has 0 aliphatic rings. The molecule has 3 nitrogen and oxygen atoms in total. The molecule has 0 fully saturated rings. The molecule has 0 aromatic heterocycles. The molecule has 0 rings (SSSR count). The van der Waals surface area contributed by atoms with Crippen molar-refractivity contribution in [1.29, 1.82) is 0 Å². The van der Waals surface area contributed by atoms with Crippen LogP contribution >= 0.6 is 0 Å². The van der Waals surface area contributed by atoms with Crippen LogP contribution < -0.4 is 0 Å².